The zero-order chi connectivity index (χ0) is 7.11. The van der Waals surface area contributed by atoms with Gasteiger partial charge >= 0.3 is 0 Å². The zero-order valence-corrected chi connectivity index (χ0v) is 5.45. The molecule has 4 nitrogen and oxygen atoms in total. The molecule has 0 saturated heterocycles. The summed E-state index contributed by atoms with van der Waals surface area (Å²) in [5.74, 6) is 5.33. The summed E-state index contributed by atoms with van der Waals surface area (Å²) in [6.45, 7) is 1.33. The summed E-state index contributed by atoms with van der Waals surface area (Å²) in [6.07, 6.45) is 0.663. The van der Waals surface area contributed by atoms with Crippen LogP contribution in [0, 0.1) is 0 Å². The van der Waals surface area contributed by atoms with E-state index in [9.17, 15) is 0 Å². The van der Waals surface area contributed by atoms with Gasteiger partial charge in [0.1, 0.15) is 0 Å². The summed E-state index contributed by atoms with van der Waals surface area (Å²) < 4.78 is 0. The smallest absolute Gasteiger partial charge is 0.0572 e. The summed E-state index contributed by atoms with van der Waals surface area (Å²) in [6, 6.07) is 0. The second-order valence-electron chi connectivity index (χ2n) is 1.84. The molecule has 0 rings (SSSR count). The van der Waals surface area contributed by atoms with Gasteiger partial charge in [-0.2, -0.15) is 0 Å². The van der Waals surface area contributed by atoms with E-state index in [0.717, 1.165) is 0 Å². The van der Waals surface area contributed by atoms with E-state index in [4.69, 9.17) is 16.1 Å². The predicted octanol–water partition coefficient (Wildman–Crippen LogP) is -1.46. The standard InChI is InChI=1S/C5H14N2O2/c6-7(3-5-9)2-1-4-8/h8-9H,1-6H2. The van der Waals surface area contributed by atoms with E-state index in [-0.39, 0.29) is 13.2 Å². The Morgan fingerprint density at radius 2 is 1.78 bits per heavy atom. The van der Waals surface area contributed by atoms with Crippen LogP contribution >= 0.6 is 0 Å². The second kappa shape index (κ2) is 5.97. The van der Waals surface area contributed by atoms with Crippen molar-refractivity contribution < 1.29 is 10.2 Å². The van der Waals surface area contributed by atoms with E-state index >= 15 is 0 Å². The maximum Gasteiger partial charge on any atom is 0.0572 e. The number of aliphatic hydroxyl groups excluding tert-OH is 2. The third-order valence-electron chi connectivity index (χ3n) is 0.991. The topological polar surface area (TPSA) is 69.7 Å². The first-order chi connectivity index (χ1) is 4.31. The van der Waals surface area contributed by atoms with Gasteiger partial charge in [-0.3, -0.25) is 5.84 Å². The minimum atomic E-state index is 0.0714. The van der Waals surface area contributed by atoms with E-state index in [1.54, 1.807) is 0 Å². The second-order valence-corrected chi connectivity index (χ2v) is 1.84. The SMILES string of the molecule is NN(CCO)CCCO. The van der Waals surface area contributed by atoms with Gasteiger partial charge in [0.05, 0.1) is 6.61 Å². The van der Waals surface area contributed by atoms with Gasteiger partial charge in [-0.05, 0) is 6.42 Å². The highest BCUT2D eigenvalue weighted by Crippen LogP contribution is 1.80. The molecule has 0 atom stereocenters. The van der Waals surface area contributed by atoms with Crippen molar-refractivity contribution in [3.63, 3.8) is 0 Å². The molecule has 0 bridgehead atoms. The van der Waals surface area contributed by atoms with Gasteiger partial charge in [0, 0.05) is 19.7 Å². The molecule has 0 aliphatic carbocycles. The van der Waals surface area contributed by atoms with Gasteiger partial charge in [0.15, 0.2) is 0 Å². The molecular weight excluding hydrogens is 120 g/mol. The molecule has 0 aromatic rings. The molecule has 0 amide bonds. The van der Waals surface area contributed by atoms with Crippen LogP contribution in [0.1, 0.15) is 6.42 Å². The quantitative estimate of drug-likeness (QED) is 0.317. The van der Waals surface area contributed by atoms with Crippen molar-refractivity contribution >= 4 is 0 Å². The number of nitrogens with two attached hydrogens (primary N) is 1. The maximum absolute atomic E-state index is 8.35. The molecule has 0 heterocycles. The van der Waals surface area contributed by atoms with Gasteiger partial charge in [-0.15, -0.1) is 0 Å². The van der Waals surface area contributed by atoms with Crippen molar-refractivity contribution in [2.24, 2.45) is 5.84 Å². The highest BCUT2D eigenvalue weighted by molar-refractivity contribution is 4.45. The van der Waals surface area contributed by atoms with E-state index in [1.807, 2.05) is 0 Å². The van der Waals surface area contributed by atoms with Crippen molar-refractivity contribution in [2.75, 3.05) is 26.3 Å². The normalized spacial score (nSPS) is 10.7. The summed E-state index contributed by atoms with van der Waals surface area (Å²) in [5, 5.41) is 18.2. The van der Waals surface area contributed by atoms with Crippen LogP contribution in [0.5, 0.6) is 0 Å². The van der Waals surface area contributed by atoms with Crippen LogP contribution in [-0.4, -0.2) is 41.5 Å². The number of hydrogen-bond donors (Lipinski definition) is 3. The Morgan fingerprint density at radius 1 is 1.11 bits per heavy atom. The van der Waals surface area contributed by atoms with E-state index in [1.165, 1.54) is 5.01 Å². The van der Waals surface area contributed by atoms with Gasteiger partial charge in [0.25, 0.3) is 0 Å². The average Bonchev–Trinajstić information content (AvgIpc) is 1.85. The third-order valence-corrected chi connectivity index (χ3v) is 0.991. The molecule has 0 radical (unpaired) electrons. The van der Waals surface area contributed by atoms with Crippen molar-refractivity contribution in [3.8, 4) is 0 Å². The molecule has 0 aromatic carbocycles. The fourth-order valence-electron chi connectivity index (χ4n) is 0.514. The Morgan fingerprint density at radius 3 is 2.22 bits per heavy atom. The first kappa shape index (κ1) is 8.84. The first-order valence-corrected chi connectivity index (χ1v) is 3.02. The third kappa shape index (κ3) is 5.72. The zero-order valence-electron chi connectivity index (χ0n) is 5.45. The van der Waals surface area contributed by atoms with Crippen LogP contribution in [0.2, 0.25) is 0 Å². The monoisotopic (exact) mass is 134 g/mol. The minimum Gasteiger partial charge on any atom is -0.396 e. The van der Waals surface area contributed by atoms with Gasteiger partial charge in [0.2, 0.25) is 0 Å². The lowest BCUT2D eigenvalue weighted by Gasteiger charge is -2.12. The molecule has 0 fully saturated rings. The number of rotatable bonds is 5. The average molecular weight is 134 g/mol. The van der Waals surface area contributed by atoms with Crippen LogP contribution in [0.3, 0.4) is 0 Å². The molecular formula is C5H14N2O2. The molecule has 0 aliphatic rings. The van der Waals surface area contributed by atoms with Crippen LogP contribution < -0.4 is 5.84 Å². The summed E-state index contributed by atoms with van der Waals surface area (Å²) in [4.78, 5) is 0. The van der Waals surface area contributed by atoms with E-state index in [2.05, 4.69) is 0 Å². The van der Waals surface area contributed by atoms with Crippen molar-refractivity contribution in [1.29, 1.82) is 0 Å². The number of nitrogens with zero attached hydrogens (tertiary/aromatic N) is 1. The molecule has 4 heteroatoms. The number of hydrogen-bond acceptors (Lipinski definition) is 4. The van der Waals surface area contributed by atoms with Gasteiger partial charge < -0.3 is 10.2 Å². The van der Waals surface area contributed by atoms with Gasteiger partial charge in [-0.25, -0.2) is 5.01 Å². The largest absolute Gasteiger partial charge is 0.396 e. The lowest BCUT2D eigenvalue weighted by molar-refractivity contribution is 0.182. The summed E-state index contributed by atoms with van der Waals surface area (Å²) in [7, 11) is 0. The highest BCUT2D eigenvalue weighted by Gasteiger charge is 1.94. The molecule has 0 saturated carbocycles. The minimum absolute atomic E-state index is 0.0714. The highest BCUT2D eigenvalue weighted by atomic mass is 16.3. The summed E-state index contributed by atoms with van der Waals surface area (Å²) in [5.41, 5.74) is 0. The Hall–Kier alpha value is -0.160. The van der Waals surface area contributed by atoms with E-state index < -0.39 is 0 Å². The predicted molar refractivity (Wildman–Crippen MR) is 34.5 cm³/mol. The molecule has 56 valence electrons. The fourth-order valence-corrected chi connectivity index (χ4v) is 0.514. The Labute approximate surface area is 54.9 Å². The molecule has 0 unspecified atom stereocenters. The molecule has 0 spiro atoms. The van der Waals surface area contributed by atoms with Crippen LogP contribution in [0.4, 0.5) is 0 Å². The number of aliphatic hydroxyl groups is 2. The lowest BCUT2D eigenvalue weighted by atomic mass is 10.4. The van der Waals surface area contributed by atoms with Crippen LogP contribution in [0.15, 0.2) is 0 Å². The Bertz CT molecular complexity index is 60.9. The first-order valence-electron chi connectivity index (χ1n) is 3.02. The van der Waals surface area contributed by atoms with Crippen molar-refractivity contribution in [3.05, 3.63) is 0 Å². The van der Waals surface area contributed by atoms with Gasteiger partial charge in [-0.1, -0.05) is 0 Å². The fraction of sp³-hybridized carbons (Fsp3) is 1.00. The Balaban J connectivity index is 2.95. The molecule has 0 aliphatic heterocycles. The summed E-state index contributed by atoms with van der Waals surface area (Å²) >= 11 is 0. The lowest BCUT2D eigenvalue weighted by Crippen LogP contribution is -2.34. The van der Waals surface area contributed by atoms with Crippen molar-refractivity contribution in [2.45, 2.75) is 6.42 Å². The molecule has 9 heavy (non-hydrogen) atoms. The molecule has 0 aromatic heterocycles. The molecule has 4 N–H and O–H groups in total. The van der Waals surface area contributed by atoms with Crippen molar-refractivity contribution in [1.82, 2.24) is 5.01 Å². The van der Waals surface area contributed by atoms with E-state index in [0.29, 0.717) is 19.5 Å². The van der Waals surface area contributed by atoms with Crippen LogP contribution in [-0.2, 0) is 0 Å². The maximum atomic E-state index is 8.35. The Kier molecular flexibility index (Phi) is 5.86. The van der Waals surface area contributed by atoms with Crippen LogP contribution in [0.25, 0.3) is 0 Å². The number of hydrazine groups is 1.